The average molecular weight is 234 g/mol. The van der Waals surface area contributed by atoms with E-state index in [1.807, 2.05) is 0 Å². The van der Waals surface area contributed by atoms with E-state index in [-0.39, 0.29) is 5.96 Å². The van der Waals surface area contributed by atoms with E-state index in [0.29, 0.717) is 11.2 Å². The first kappa shape index (κ1) is 9.08. The molecule has 1 aromatic heterocycles. The number of nitrogens with two attached hydrogens (primary N) is 1. The van der Waals surface area contributed by atoms with Gasteiger partial charge in [-0.1, -0.05) is 0 Å². The summed E-state index contributed by atoms with van der Waals surface area (Å²) in [6, 6.07) is 1.77. The Bertz CT molecular complexity index is 284. The lowest BCUT2D eigenvalue weighted by Gasteiger charge is -1.94. The highest BCUT2D eigenvalue weighted by Gasteiger charge is 1.97. The van der Waals surface area contributed by atoms with Gasteiger partial charge in [-0.2, -0.15) is 0 Å². The molecule has 0 unspecified atom stereocenters. The lowest BCUT2D eigenvalue weighted by molar-refractivity contribution is 0.232. The molecule has 0 atom stereocenters. The van der Waals surface area contributed by atoms with Gasteiger partial charge in [0.15, 0.2) is 4.67 Å². The smallest absolute Gasteiger partial charge is 0.213 e. The Hall–Kier alpha value is -1.01. The van der Waals surface area contributed by atoms with E-state index in [0.717, 1.165) is 5.56 Å². The molecular formula is C6H8BrN3O2. The van der Waals surface area contributed by atoms with Crippen LogP contribution in [0.5, 0.6) is 0 Å². The van der Waals surface area contributed by atoms with Gasteiger partial charge in [0.25, 0.3) is 0 Å². The molecular weight excluding hydrogens is 226 g/mol. The third-order valence-electron chi connectivity index (χ3n) is 1.17. The summed E-state index contributed by atoms with van der Waals surface area (Å²) in [5, 5.41) is 8.28. The van der Waals surface area contributed by atoms with Crippen molar-refractivity contribution in [3.63, 3.8) is 0 Å². The summed E-state index contributed by atoms with van der Waals surface area (Å²) in [5.74, 6) is -0.0210. The van der Waals surface area contributed by atoms with Crippen molar-refractivity contribution in [1.29, 1.82) is 0 Å². The van der Waals surface area contributed by atoms with E-state index >= 15 is 0 Å². The fourth-order valence-corrected chi connectivity index (χ4v) is 1.03. The number of aliphatic imine (C=N–C) groups is 1. The fraction of sp³-hybridized carbons (Fsp3) is 0.167. The zero-order chi connectivity index (χ0) is 8.97. The number of rotatable bonds is 2. The molecule has 1 heterocycles. The zero-order valence-electron chi connectivity index (χ0n) is 6.12. The van der Waals surface area contributed by atoms with Crippen molar-refractivity contribution in [3.8, 4) is 0 Å². The minimum atomic E-state index is -0.0210. The molecule has 0 saturated heterocycles. The standard InChI is InChI=1S/C6H8BrN3O2/c7-5-1-4(3-12-5)2-9-6(8)10-11/h1,3,11H,2H2,(H3,8,9,10). The summed E-state index contributed by atoms with van der Waals surface area (Å²) < 4.78 is 5.60. The Morgan fingerprint density at radius 1 is 1.83 bits per heavy atom. The molecule has 0 radical (unpaired) electrons. The van der Waals surface area contributed by atoms with Crippen LogP contribution in [0.2, 0.25) is 0 Å². The summed E-state index contributed by atoms with van der Waals surface area (Å²) >= 11 is 3.14. The lowest BCUT2D eigenvalue weighted by Crippen LogP contribution is -2.28. The Labute approximate surface area is 77.4 Å². The van der Waals surface area contributed by atoms with Crippen LogP contribution in [0.25, 0.3) is 0 Å². The van der Waals surface area contributed by atoms with Gasteiger partial charge in [-0.15, -0.1) is 0 Å². The number of nitrogens with one attached hydrogen (secondary N) is 1. The van der Waals surface area contributed by atoms with Crippen molar-refractivity contribution in [3.05, 3.63) is 22.6 Å². The van der Waals surface area contributed by atoms with Crippen molar-refractivity contribution in [2.45, 2.75) is 6.54 Å². The van der Waals surface area contributed by atoms with Crippen LogP contribution < -0.4 is 11.2 Å². The van der Waals surface area contributed by atoms with Gasteiger partial charge in [-0.05, 0) is 22.0 Å². The molecule has 0 aliphatic carbocycles. The van der Waals surface area contributed by atoms with Crippen LogP contribution in [0.4, 0.5) is 0 Å². The zero-order valence-corrected chi connectivity index (χ0v) is 7.71. The third-order valence-corrected chi connectivity index (χ3v) is 1.58. The van der Waals surface area contributed by atoms with Crippen LogP contribution in [0.15, 0.2) is 26.4 Å². The van der Waals surface area contributed by atoms with E-state index in [2.05, 4.69) is 20.9 Å². The number of hydrogen-bond donors (Lipinski definition) is 3. The molecule has 66 valence electrons. The second-order valence-corrected chi connectivity index (χ2v) is 2.85. The number of halogens is 1. The number of guanidine groups is 1. The number of hydrogen-bond acceptors (Lipinski definition) is 3. The first-order valence-corrected chi connectivity index (χ1v) is 3.94. The molecule has 0 aliphatic rings. The molecule has 6 heteroatoms. The normalized spacial score (nSPS) is 11.7. The summed E-state index contributed by atoms with van der Waals surface area (Å²) in [5.41, 5.74) is 7.78. The minimum absolute atomic E-state index is 0.0210. The molecule has 1 rings (SSSR count). The highest BCUT2D eigenvalue weighted by molar-refractivity contribution is 9.10. The second kappa shape index (κ2) is 4.13. The molecule has 0 fully saturated rings. The summed E-state index contributed by atoms with van der Waals surface area (Å²) in [7, 11) is 0. The van der Waals surface area contributed by atoms with Gasteiger partial charge in [-0.25, -0.2) is 10.5 Å². The van der Waals surface area contributed by atoms with E-state index < -0.39 is 0 Å². The Morgan fingerprint density at radius 2 is 2.58 bits per heavy atom. The molecule has 0 saturated carbocycles. The molecule has 4 N–H and O–H groups in total. The van der Waals surface area contributed by atoms with Crippen LogP contribution in [-0.4, -0.2) is 11.2 Å². The van der Waals surface area contributed by atoms with Crippen LogP contribution in [0, 0.1) is 0 Å². The fourth-order valence-electron chi connectivity index (χ4n) is 0.641. The van der Waals surface area contributed by atoms with Gasteiger partial charge in [0.2, 0.25) is 5.96 Å². The Balaban J connectivity index is 2.53. The van der Waals surface area contributed by atoms with Gasteiger partial charge in [0.1, 0.15) is 0 Å². The molecule has 1 aromatic rings. The Morgan fingerprint density at radius 3 is 3.08 bits per heavy atom. The first-order chi connectivity index (χ1) is 5.72. The van der Waals surface area contributed by atoms with Crippen LogP contribution in [-0.2, 0) is 6.54 Å². The van der Waals surface area contributed by atoms with Gasteiger partial charge < -0.3 is 10.2 Å². The first-order valence-electron chi connectivity index (χ1n) is 3.15. The average Bonchev–Trinajstić information content (AvgIpc) is 2.47. The topological polar surface area (TPSA) is 83.8 Å². The van der Waals surface area contributed by atoms with Crippen molar-refractivity contribution < 1.29 is 9.62 Å². The van der Waals surface area contributed by atoms with Gasteiger partial charge in [0.05, 0.1) is 12.8 Å². The maximum absolute atomic E-state index is 8.28. The predicted octanol–water partition coefficient (Wildman–Crippen LogP) is 0.836. The number of hydroxylamine groups is 1. The molecule has 5 nitrogen and oxygen atoms in total. The minimum Gasteiger partial charge on any atom is -0.457 e. The summed E-state index contributed by atoms with van der Waals surface area (Å²) in [4.78, 5) is 3.78. The maximum Gasteiger partial charge on any atom is 0.213 e. The molecule has 0 aliphatic heterocycles. The summed E-state index contributed by atoms with van der Waals surface area (Å²) in [6.07, 6.45) is 1.55. The van der Waals surface area contributed by atoms with Gasteiger partial charge in [-0.3, -0.25) is 5.21 Å². The lowest BCUT2D eigenvalue weighted by atomic mass is 10.3. The molecule has 0 amide bonds. The van der Waals surface area contributed by atoms with E-state index in [9.17, 15) is 0 Å². The second-order valence-electron chi connectivity index (χ2n) is 2.07. The predicted molar refractivity (Wildman–Crippen MR) is 46.7 cm³/mol. The highest BCUT2D eigenvalue weighted by atomic mass is 79.9. The highest BCUT2D eigenvalue weighted by Crippen LogP contribution is 2.14. The number of nitrogens with zero attached hydrogens (tertiary/aromatic N) is 1. The molecule has 0 bridgehead atoms. The molecule has 0 aromatic carbocycles. The van der Waals surface area contributed by atoms with E-state index in [4.69, 9.17) is 15.4 Å². The van der Waals surface area contributed by atoms with Crippen molar-refractivity contribution in [1.82, 2.24) is 5.48 Å². The van der Waals surface area contributed by atoms with E-state index in [1.54, 1.807) is 17.8 Å². The third kappa shape index (κ3) is 2.55. The van der Waals surface area contributed by atoms with E-state index in [1.165, 1.54) is 0 Å². The SMILES string of the molecule is NC(=NCc1coc(Br)c1)NO. The van der Waals surface area contributed by atoms with Crippen molar-refractivity contribution in [2.24, 2.45) is 10.7 Å². The number of furan rings is 1. The van der Waals surface area contributed by atoms with Crippen molar-refractivity contribution in [2.75, 3.05) is 0 Å². The molecule has 12 heavy (non-hydrogen) atoms. The molecule has 0 spiro atoms. The maximum atomic E-state index is 8.28. The van der Waals surface area contributed by atoms with Gasteiger partial charge >= 0.3 is 0 Å². The largest absolute Gasteiger partial charge is 0.457 e. The quantitative estimate of drug-likeness (QED) is 0.402. The van der Waals surface area contributed by atoms with Gasteiger partial charge in [0, 0.05) is 5.56 Å². The van der Waals surface area contributed by atoms with Crippen LogP contribution in [0.3, 0.4) is 0 Å². The van der Waals surface area contributed by atoms with Crippen LogP contribution >= 0.6 is 15.9 Å². The monoisotopic (exact) mass is 233 g/mol. The Kier molecular flexibility index (Phi) is 3.12. The summed E-state index contributed by atoms with van der Waals surface area (Å²) in [6.45, 7) is 0.370. The van der Waals surface area contributed by atoms with Crippen molar-refractivity contribution >= 4 is 21.9 Å². The van der Waals surface area contributed by atoms with Crippen LogP contribution in [0.1, 0.15) is 5.56 Å².